The summed E-state index contributed by atoms with van der Waals surface area (Å²) in [7, 11) is 6.30. The number of nitriles is 1. The summed E-state index contributed by atoms with van der Waals surface area (Å²) in [6.45, 7) is 5.40. The summed E-state index contributed by atoms with van der Waals surface area (Å²) in [4.78, 5) is 4.51. The van der Waals surface area contributed by atoms with Crippen LogP contribution in [0.3, 0.4) is 0 Å². The fraction of sp³-hybridized carbons (Fsp3) is 0.960. The molecule has 0 aliphatic heterocycles. The van der Waals surface area contributed by atoms with E-state index in [2.05, 4.69) is 43.9 Å². The summed E-state index contributed by atoms with van der Waals surface area (Å²) in [5.74, 6) is 0.0426. The lowest BCUT2D eigenvalue weighted by Gasteiger charge is -2.35. The van der Waals surface area contributed by atoms with Crippen LogP contribution in [-0.4, -0.2) is 43.7 Å². The lowest BCUT2D eigenvalue weighted by Crippen LogP contribution is -2.47. The lowest BCUT2D eigenvalue weighted by atomic mass is 10.0. The van der Waals surface area contributed by atoms with Crippen LogP contribution >= 0.6 is 0 Å². The van der Waals surface area contributed by atoms with Crippen LogP contribution in [0, 0.1) is 17.2 Å². The van der Waals surface area contributed by atoms with Crippen molar-refractivity contribution in [2.75, 3.05) is 27.7 Å². The molecule has 0 fully saturated rings. The van der Waals surface area contributed by atoms with Crippen LogP contribution in [-0.2, 0) is 0 Å². The molecule has 0 bridgehead atoms. The summed E-state index contributed by atoms with van der Waals surface area (Å²) in [5.41, 5.74) is 0. The molecule has 0 saturated carbocycles. The fourth-order valence-electron chi connectivity index (χ4n) is 4.33. The molecular formula is C25H51N3. The van der Waals surface area contributed by atoms with Crippen LogP contribution in [0.2, 0.25) is 0 Å². The molecule has 0 aromatic carbocycles. The average Bonchev–Trinajstić information content (AvgIpc) is 2.67. The van der Waals surface area contributed by atoms with Crippen molar-refractivity contribution < 1.29 is 0 Å². The first kappa shape index (κ1) is 27.4. The van der Waals surface area contributed by atoms with E-state index in [0.717, 1.165) is 6.54 Å². The smallest absolute Gasteiger partial charge is 0.0774 e. The molecule has 2 atom stereocenters. The van der Waals surface area contributed by atoms with Gasteiger partial charge < -0.3 is 0 Å². The quantitative estimate of drug-likeness (QED) is 0.161. The molecule has 0 rings (SSSR count). The molecule has 0 saturated heterocycles. The summed E-state index contributed by atoms with van der Waals surface area (Å²) in [6, 6.07) is 2.40. The van der Waals surface area contributed by atoms with E-state index in [4.69, 9.17) is 0 Å². The standard InChI is InChI=1S/C25H51N3/c1-6-7-8-9-10-11-12-13-14-15-16-17-18-19-20-21-22-28(5)25(27(3)4)24(2)23-26/h24-25H,6-22H2,1-5H3. The summed E-state index contributed by atoms with van der Waals surface area (Å²) < 4.78 is 0. The Bertz CT molecular complexity index is 361. The van der Waals surface area contributed by atoms with Gasteiger partial charge in [-0.15, -0.1) is 0 Å². The minimum Gasteiger partial charge on any atom is -0.293 e. The van der Waals surface area contributed by atoms with Crippen molar-refractivity contribution in [2.24, 2.45) is 5.92 Å². The molecule has 0 aliphatic carbocycles. The first-order valence-electron chi connectivity index (χ1n) is 12.3. The van der Waals surface area contributed by atoms with E-state index < -0.39 is 0 Å². The average molecular weight is 394 g/mol. The molecule has 0 amide bonds. The molecule has 0 aromatic rings. The maximum Gasteiger partial charge on any atom is 0.0774 e. The second-order valence-electron chi connectivity index (χ2n) is 9.08. The van der Waals surface area contributed by atoms with E-state index in [0.29, 0.717) is 0 Å². The Morgan fingerprint density at radius 3 is 1.32 bits per heavy atom. The van der Waals surface area contributed by atoms with Crippen LogP contribution in [0.1, 0.15) is 117 Å². The molecule has 0 heterocycles. The third-order valence-electron chi connectivity index (χ3n) is 6.00. The largest absolute Gasteiger partial charge is 0.293 e. The van der Waals surface area contributed by atoms with Gasteiger partial charge in [-0.25, -0.2) is 0 Å². The Balaban J connectivity index is 3.41. The van der Waals surface area contributed by atoms with Gasteiger partial charge in [-0.3, -0.25) is 9.80 Å². The Hall–Kier alpha value is -0.590. The third kappa shape index (κ3) is 15.3. The van der Waals surface area contributed by atoms with Crippen LogP contribution in [0.25, 0.3) is 0 Å². The Morgan fingerprint density at radius 1 is 0.643 bits per heavy atom. The molecule has 0 spiro atoms. The van der Waals surface area contributed by atoms with Gasteiger partial charge in [0.15, 0.2) is 0 Å². The van der Waals surface area contributed by atoms with Crippen LogP contribution in [0.15, 0.2) is 0 Å². The normalized spacial score (nSPS) is 13.8. The van der Waals surface area contributed by atoms with Crippen molar-refractivity contribution in [1.29, 1.82) is 5.26 Å². The zero-order valence-corrected chi connectivity index (χ0v) is 20.0. The van der Waals surface area contributed by atoms with Crippen LogP contribution in [0.4, 0.5) is 0 Å². The van der Waals surface area contributed by atoms with E-state index in [9.17, 15) is 5.26 Å². The summed E-state index contributed by atoms with van der Waals surface area (Å²) >= 11 is 0. The molecule has 0 radical (unpaired) electrons. The second-order valence-corrected chi connectivity index (χ2v) is 9.08. The molecular weight excluding hydrogens is 342 g/mol. The Labute approximate surface area is 177 Å². The first-order chi connectivity index (χ1) is 13.5. The van der Waals surface area contributed by atoms with Gasteiger partial charge in [0.1, 0.15) is 0 Å². The van der Waals surface area contributed by atoms with Gasteiger partial charge in [-0.2, -0.15) is 5.26 Å². The van der Waals surface area contributed by atoms with E-state index in [1.807, 2.05) is 6.92 Å². The highest BCUT2D eigenvalue weighted by atomic mass is 15.3. The Kier molecular flexibility index (Phi) is 19.3. The zero-order chi connectivity index (χ0) is 21.0. The first-order valence-corrected chi connectivity index (χ1v) is 12.3. The number of nitrogens with zero attached hydrogens (tertiary/aromatic N) is 3. The van der Waals surface area contributed by atoms with Crippen LogP contribution in [0.5, 0.6) is 0 Å². The van der Waals surface area contributed by atoms with E-state index in [1.54, 1.807) is 0 Å². The number of unbranched alkanes of at least 4 members (excludes halogenated alkanes) is 15. The van der Waals surface area contributed by atoms with Crippen molar-refractivity contribution in [3.63, 3.8) is 0 Å². The van der Waals surface area contributed by atoms with Crippen molar-refractivity contribution in [2.45, 2.75) is 123 Å². The summed E-state index contributed by atoms with van der Waals surface area (Å²) in [6.07, 6.45) is 22.8. The van der Waals surface area contributed by atoms with E-state index >= 15 is 0 Å². The van der Waals surface area contributed by atoms with Gasteiger partial charge in [0.2, 0.25) is 0 Å². The number of hydrogen-bond acceptors (Lipinski definition) is 3. The maximum atomic E-state index is 9.21. The number of rotatable bonds is 20. The van der Waals surface area contributed by atoms with Crippen LogP contribution < -0.4 is 0 Å². The highest BCUT2D eigenvalue weighted by Crippen LogP contribution is 2.15. The van der Waals surface area contributed by atoms with Gasteiger partial charge in [0, 0.05) is 0 Å². The SMILES string of the molecule is CCCCCCCCCCCCCCCCCCN(C)C(C(C)C#N)N(C)C. The van der Waals surface area contributed by atoms with Gasteiger partial charge >= 0.3 is 0 Å². The minimum atomic E-state index is 0.0426. The predicted molar refractivity (Wildman–Crippen MR) is 124 cm³/mol. The summed E-state index contributed by atoms with van der Waals surface area (Å²) in [5, 5.41) is 9.21. The van der Waals surface area contributed by atoms with Gasteiger partial charge in [-0.1, -0.05) is 103 Å². The lowest BCUT2D eigenvalue weighted by molar-refractivity contribution is 0.0748. The number of hydrogen-bond donors (Lipinski definition) is 0. The highest BCUT2D eigenvalue weighted by molar-refractivity contribution is 4.88. The second kappa shape index (κ2) is 19.7. The zero-order valence-electron chi connectivity index (χ0n) is 20.0. The van der Waals surface area contributed by atoms with Crippen molar-refractivity contribution >= 4 is 0 Å². The monoisotopic (exact) mass is 393 g/mol. The molecule has 3 heteroatoms. The van der Waals surface area contributed by atoms with E-state index in [1.165, 1.54) is 103 Å². The molecule has 0 aromatic heterocycles. The highest BCUT2D eigenvalue weighted by Gasteiger charge is 2.23. The maximum absolute atomic E-state index is 9.21. The molecule has 28 heavy (non-hydrogen) atoms. The minimum absolute atomic E-state index is 0.0426. The van der Waals surface area contributed by atoms with Gasteiger partial charge in [0.05, 0.1) is 18.2 Å². The van der Waals surface area contributed by atoms with Crippen molar-refractivity contribution in [3.05, 3.63) is 0 Å². The molecule has 0 N–H and O–H groups in total. The predicted octanol–water partition coefficient (Wildman–Crippen LogP) is 7.23. The third-order valence-corrected chi connectivity index (χ3v) is 6.00. The van der Waals surface area contributed by atoms with Crippen molar-refractivity contribution in [3.8, 4) is 6.07 Å². The fourth-order valence-corrected chi connectivity index (χ4v) is 4.33. The topological polar surface area (TPSA) is 30.3 Å². The molecule has 2 unspecified atom stereocenters. The van der Waals surface area contributed by atoms with Gasteiger partial charge in [-0.05, 0) is 41.0 Å². The molecule has 3 nitrogen and oxygen atoms in total. The van der Waals surface area contributed by atoms with E-state index in [-0.39, 0.29) is 12.1 Å². The molecule has 0 aliphatic rings. The van der Waals surface area contributed by atoms with Crippen molar-refractivity contribution in [1.82, 2.24) is 9.80 Å². The van der Waals surface area contributed by atoms with Gasteiger partial charge in [0.25, 0.3) is 0 Å². The Morgan fingerprint density at radius 2 is 1.00 bits per heavy atom. The molecule has 166 valence electrons.